The van der Waals surface area contributed by atoms with Gasteiger partial charge in [-0.3, -0.25) is 9.59 Å². The number of nitrogens with two attached hydrogens (primary N) is 1. The molecule has 0 aliphatic carbocycles. The predicted octanol–water partition coefficient (Wildman–Crippen LogP) is 0.369. The molecule has 0 saturated heterocycles. The molecule has 0 saturated carbocycles. The minimum Gasteiger partial charge on any atom is -0.481 e. The Hall–Kier alpha value is -1.75. The Balaban J connectivity index is 2.83. The molecule has 74 valence electrons. The van der Waals surface area contributed by atoms with Crippen LogP contribution in [-0.2, 0) is 4.79 Å². The van der Waals surface area contributed by atoms with Crippen LogP contribution in [0.15, 0.2) is 18.2 Å². The average Bonchev–Trinajstić information content (AvgIpc) is 2.17. The highest BCUT2D eigenvalue weighted by Crippen LogP contribution is 2.10. The summed E-state index contributed by atoms with van der Waals surface area (Å²) < 4.78 is 0. The average molecular weight is 194 g/mol. The Labute approximate surface area is 80.6 Å². The third-order valence-corrected chi connectivity index (χ3v) is 1.69. The van der Waals surface area contributed by atoms with E-state index in [1.807, 2.05) is 0 Å². The largest absolute Gasteiger partial charge is 0.481 e. The fourth-order valence-corrected chi connectivity index (χ4v) is 1.03. The van der Waals surface area contributed by atoms with Gasteiger partial charge in [0.05, 0.1) is 18.2 Å². The van der Waals surface area contributed by atoms with Crippen molar-refractivity contribution in [3.8, 4) is 0 Å². The molecule has 3 N–H and O–H groups in total. The fraction of sp³-hybridized carbons (Fsp3) is 0.222. The maximum absolute atomic E-state index is 10.4. The van der Waals surface area contributed by atoms with Crippen molar-refractivity contribution in [1.29, 1.82) is 0 Å². The molecule has 0 spiro atoms. The van der Waals surface area contributed by atoms with Crippen molar-refractivity contribution in [2.75, 3.05) is 0 Å². The molecule has 0 unspecified atom stereocenters. The Morgan fingerprint density at radius 2 is 2.36 bits per heavy atom. The molecule has 1 aromatic heterocycles. The van der Waals surface area contributed by atoms with Gasteiger partial charge in [0.25, 0.3) is 0 Å². The Kier molecular flexibility index (Phi) is 3.30. The molecule has 0 amide bonds. The first-order valence-corrected chi connectivity index (χ1v) is 4.03. The zero-order valence-electron chi connectivity index (χ0n) is 7.38. The molecule has 0 fully saturated rings. The summed E-state index contributed by atoms with van der Waals surface area (Å²) in [7, 11) is 0. The van der Waals surface area contributed by atoms with Crippen LogP contribution in [0.2, 0.25) is 0 Å². The summed E-state index contributed by atoms with van der Waals surface area (Å²) in [4.78, 5) is 24.6. The Bertz CT molecular complexity index is 352. The van der Waals surface area contributed by atoms with E-state index in [9.17, 15) is 9.59 Å². The summed E-state index contributed by atoms with van der Waals surface area (Å²) >= 11 is 0. The lowest BCUT2D eigenvalue weighted by Gasteiger charge is -2.07. The van der Waals surface area contributed by atoms with Crippen LogP contribution in [0.5, 0.6) is 0 Å². The zero-order chi connectivity index (χ0) is 10.6. The number of carboxylic acids is 1. The molecule has 0 aliphatic heterocycles. The summed E-state index contributed by atoms with van der Waals surface area (Å²) in [6, 6.07) is 4.07. The number of aromatic nitrogens is 1. The van der Waals surface area contributed by atoms with E-state index in [1.165, 1.54) is 6.07 Å². The number of carboxylic acid groups (broad SMARTS) is 1. The third-order valence-electron chi connectivity index (χ3n) is 1.69. The molecule has 5 heteroatoms. The Morgan fingerprint density at radius 3 is 2.93 bits per heavy atom. The first-order valence-electron chi connectivity index (χ1n) is 4.03. The standard InChI is InChI=1S/C9H10N2O3/c10-7(4-9(13)14)8-3-1-2-6(5-12)11-8/h1-3,5,7H,4,10H2,(H,13,14)/t7-/m0/s1. The quantitative estimate of drug-likeness (QED) is 0.675. The van der Waals surface area contributed by atoms with Gasteiger partial charge in [-0.15, -0.1) is 0 Å². The molecule has 0 radical (unpaired) electrons. The summed E-state index contributed by atoms with van der Waals surface area (Å²) in [5.74, 6) is -0.990. The molecular weight excluding hydrogens is 184 g/mol. The van der Waals surface area contributed by atoms with E-state index in [0.717, 1.165) is 0 Å². The monoisotopic (exact) mass is 194 g/mol. The van der Waals surface area contributed by atoms with Gasteiger partial charge in [0, 0.05) is 0 Å². The van der Waals surface area contributed by atoms with Gasteiger partial charge >= 0.3 is 5.97 Å². The number of rotatable bonds is 4. The van der Waals surface area contributed by atoms with E-state index in [2.05, 4.69) is 4.98 Å². The highest BCUT2D eigenvalue weighted by molar-refractivity contribution is 5.71. The molecule has 14 heavy (non-hydrogen) atoms. The van der Waals surface area contributed by atoms with Crippen molar-refractivity contribution in [3.63, 3.8) is 0 Å². The van der Waals surface area contributed by atoms with E-state index in [0.29, 0.717) is 12.0 Å². The number of aldehydes is 1. The van der Waals surface area contributed by atoms with Crippen molar-refractivity contribution in [1.82, 2.24) is 4.98 Å². The van der Waals surface area contributed by atoms with Crippen molar-refractivity contribution < 1.29 is 14.7 Å². The lowest BCUT2D eigenvalue weighted by Crippen LogP contribution is -2.16. The first kappa shape index (κ1) is 10.3. The minimum atomic E-state index is -0.990. The van der Waals surface area contributed by atoms with Crippen LogP contribution in [0.4, 0.5) is 0 Å². The van der Waals surface area contributed by atoms with E-state index in [-0.39, 0.29) is 12.1 Å². The summed E-state index contributed by atoms with van der Waals surface area (Å²) in [5, 5.41) is 8.49. The van der Waals surface area contributed by atoms with Gasteiger partial charge < -0.3 is 10.8 Å². The summed E-state index contributed by atoms with van der Waals surface area (Å²) in [6.45, 7) is 0. The zero-order valence-corrected chi connectivity index (χ0v) is 7.38. The molecule has 1 aromatic rings. The fourth-order valence-electron chi connectivity index (χ4n) is 1.03. The van der Waals surface area contributed by atoms with Crippen molar-refractivity contribution >= 4 is 12.3 Å². The van der Waals surface area contributed by atoms with Crippen LogP contribution in [-0.4, -0.2) is 22.3 Å². The first-order chi connectivity index (χ1) is 6.63. The van der Waals surface area contributed by atoms with Crippen LogP contribution in [0, 0.1) is 0 Å². The second-order valence-electron chi connectivity index (χ2n) is 2.81. The van der Waals surface area contributed by atoms with Gasteiger partial charge in [0.15, 0.2) is 6.29 Å². The third kappa shape index (κ3) is 2.63. The molecule has 1 rings (SSSR count). The molecular formula is C9H10N2O3. The molecule has 0 aliphatic rings. The second kappa shape index (κ2) is 4.48. The molecule has 1 atom stereocenters. The maximum Gasteiger partial charge on any atom is 0.305 e. The minimum absolute atomic E-state index is 0.199. The van der Waals surface area contributed by atoms with Crippen LogP contribution in [0.25, 0.3) is 0 Å². The van der Waals surface area contributed by atoms with Gasteiger partial charge in [0.2, 0.25) is 0 Å². The maximum atomic E-state index is 10.4. The lowest BCUT2D eigenvalue weighted by molar-refractivity contribution is -0.137. The number of nitrogens with zero attached hydrogens (tertiary/aromatic N) is 1. The van der Waals surface area contributed by atoms with E-state index >= 15 is 0 Å². The molecule has 5 nitrogen and oxygen atoms in total. The number of carbonyl (C=O) groups excluding carboxylic acids is 1. The lowest BCUT2D eigenvalue weighted by atomic mass is 10.1. The van der Waals surface area contributed by atoms with E-state index in [4.69, 9.17) is 10.8 Å². The normalized spacial score (nSPS) is 12.1. The topological polar surface area (TPSA) is 93.3 Å². The molecule has 0 bridgehead atoms. The van der Waals surface area contributed by atoms with Crippen molar-refractivity contribution in [2.24, 2.45) is 5.73 Å². The number of pyridine rings is 1. The summed E-state index contributed by atoms with van der Waals surface area (Å²) in [5.41, 5.74) is 6.23. The van der Waals surface area contributed by atoms with Gasteiger partial charge in [-0.25, -0.2) is 4.98 Å². The van der Waals surface area contributed by atoms with E-state index < -0.39 is 12.0 Å². The number of hydrogen-bond acceptors (Lipinski definition) is 4. The van der Waals surface area contributed by atoms with Crippen LogP contribution < -0.4 is 5.73 Å². The van der Waals surface area contributed by atoms with Gasteiger partial charge in [-0.05, 0) is 12.1 Å². The van der Waals surface area contributed by atoms with Gasteiger partial charge in [-0.2, -0.15) is 0 Å². The van der Waals surface area contributed by atoms with Gasteiger partial charge in [-0.1, -0.05) is 6.07 Å². The molecule has 1 heterocycles. The highest BCUT2D eigenvalue weighted by atomic mass is 16.4. The van der Waals surface area contributed by atoms with Gasteiger partial charge in [0.1, 0.15) is 5.69 Å². The SMILES string of the molecule is N[C@@H](CC(=O)O)c1cccc(C=O)n1. The van der Waals surface area contributed by atoms with Crippen molar-refractivity contribution in [2.45, 2.75) is 12.5 Å². The second-order valence-corrected chi connectivity index (χ2v) is 2.81. The number of hydrogen-bond donors (Lipinski definition) is 2. The van der Waals surface area contributed by atoms with Crippen LogP contribution >= 0.6 is 0 Å². The van der Waals surface area contributed by atoms with Crippen molar-refractivity contribution in [3.05, 3.63) is 29.6 Å². The van der Waals surface area contributed by atoms with E-state index in [1.54, 1.807) is 12.1 Å². The highest BCUT2D eigenvalue weighted by Gasteiger charge is 2.11. The van der Waals surface area contributed by atoms with Crippen LogP contribution in [0.3, 0.4) is 0 Å². The number of aliphatic carboxylic acids is 1. The predicted molar refractivity (Wildman–Crippen MR) is 48.8 cm³/mol. The van der Waals surface area contributed by atoms with Crippen LogP contribution in [0.1, 0.15) is 28.6 Å². The summed E-state index contributed by atoms with van der Waals surface area (Å²) in [6.07, 6.45) is 0.395. The molecule has 0 aromatic carbocycles. The number of carbonyl (C=O) groups is 2. The Morgan fingerprint density at radius 1 is 1.64 bits per heavy atom. The smallest absolute Gasteiger partial charge is 0.305 e.